The van der Waals surface area contributed by atoms with E-state index in [4.69, 9.17) is 0 Å². The van der Waals surface area contributed by atoms with Crippen molar-refractivity contribution in [3.05, 3.63) is 72.8 Å². The third kappa shape index (κ3) is 5.49. The van der Waals surface area contributed by atoms with Gasteiger partial charge in [-0.05, 0) is 67.4 Å². The number of likely N-dealkylation sites (tertiary alicyclic amines) is 1. The van der Waals surface area contributed by atoms with Crippen molar-refractivity contribution >= 4 is 34.2 Å². The largest absolute Gasteiger partial charge is 0.369 e. The van der Waals surface area contributed by atoms with Crippen LogP contribution in [0.5, 0.6) is 0 Å². The van der Waals surface area contributed by atoms with Crippen molar-refractivity contribution in [2.24, 2.45) is 5.92 Å². The Morgan fingerprint density at radius 1 is 0.949 bits per heavy atom. The summed E-state index contributed by atoms with van der Waals surface area (Å²) in [6, 6.07) is 17.8. The van der Waals surface area contributed by atoms with Crippen molar-refractivity contribution < 1.29 is 9.59 Å². The molecule has 200 valence electrons. The molecule has 2 aliphatic rings. The molecule has 9 nitrogen and oxygen atoms in total. The fourth-order valence-corrected chi connectivity index (χ4v) is 5.47. The van der Waals surface area contributed by atoms with E-state index in [1.807, 2.05) is 48.5 Å². The van der Waals surface area contributed by atoms with Crippen LogP contribution in [-0.4, -0.2) is 82.9 Å². The average molecular weight is 524 g/mol. The molecular weight excluding hydrogens is 490 g/mol. The zero-order valence-corrected chi connectivity index (χ0v) is 22.1. The number of carbonyl (C=O) groups excluding carboxylic acids is 2. The molecule has 0 saturated carbocycles. The molecule has 2 N–H and O–H groups in total. The minimum atomic E-state index is -0.270. The van der Waals surface area contributed by atoms with Gasteiger partial charge in [-0.3, -0.25) is 14.6 Å². The second kappa shape index (κ2) is 10.9. The number of amides is 2. The molecule has 0 unspecified atom stereocenters. The summed E-state index contributed by atoms with van der Waals surface area (Å²) in [5.74, 6) is -0.444. The van der Waals surface area contributed by atoms with Gasteiger partial charge in [0.1, 0.15) is 5.69 Å². The summed E-state index contributed by atoms with van der Waals surface area (Å²) in [5.41, 5.74) is 6.15. The normalized spacial score (nSPS) is 18.3. The third-order valence-corrected chi connectivity index (χ3v) is 7.79. The number of piperazine rings is 1. The first-order valence-electron chi connectivity index (χ1n) is 13.6. The Labute approximate surface area is 227 Å². The molecule has 2 fully saturated rings. The highest BCUT2D eigenvalue weighted by molar-refractivity contribution is 5.96. The first kappa shape index (κ1) is 25.1. The van der Waals surface area contributed by atoms with Crippen molar-refractivity contribution in [2.75, 3.05) is 56.5 Å². The first-order chi connectivity index (χ1) is 19.0. The number of anilines is 2. The van der Waals surface area contributed by atoms with E-state index in [-0.39, 0.29) is 17.7 Å². The number of imidazole rings is 1. The number of nitrogens with zero attached hydrogens (tertiary/aromatic N) is 5. The molecule has 1 atom stereocenters. The fraction of sp³-hybridized carbons (Fsp3) is 0.333. The molecule has 4 heterocycles. The second-order valence-electron chi connectivity index (χ2n) is 10.5. The summed E-state index contributed by atoms with van der Waals surface area (Å²) < 4.78 is 0. The van der Waals surface area contributed by atoms with Gasteiger partial charge in [0, 0.05) is 56.8 Å². The Morgan fingerprint density at radius 2 is 1.79 bits per heavy atom. The van der Waals surface area contributed by atoms with Crippen LogP contribution in [0.4, 0.5) is 11.4 Å². The molecule has 6 rings (SSSR count). The van der Waals surface area contributed by atoms with Crippen LogP contribution in [0.3, 0.4) is 0 Å². The van der Waals surface area contributed by atoms with Crippen molar-refractivity contribution in [3.8, 4) is 11.1 Å². The van der Waals surface area contributed by atoms with Gasteiger partial charge < -0.3 is 25.0 Å². The lowest BCUT2D eigenvalue weighted by molar-refractivity contribution is -0.121. The highest BCUT2D eigenvalue weighted by Crippen LogP contribution is 2.27. The van der Waals surface area contributed by atoms with E-state index < -0.39 is 0 Å². The van der Waals surface area contributed by atoms with Crippen LogP contribution < -0.4 is 10.2 Å². The van der Waals surface area contributed by atoms with Gasteiger partial charge in [-0.25, -0.2) is 4.98 Å². The summed E-state index contributed by atoms with van der Waals surface area (Å²) in [6.07, 6.45) is 4.93. The number of aromatic amines is 1. The molecule has 0 aliphatic carbocycles. The SMILES string of the molecule is CN1CCN(c2ccnc(C(=O)N3CCC[C@H](C(=O)Nc4cccc(-c5ccc6nc[nH]c6c5)c4)C3)c2)CC1. The summed E-state index contributed by atoms with van der Waals surface area (Å²) in [6.45, 7) is 4.88. The molecule has 0 radical (unpaired) electrons. The Balaban J connectivity index is 1.11. The number of pyridine rings is 1. The Kier molecular flexibility index (Phi) is 6.98. The first-order valence-corrected chi connectivity index (χ1v) is 13.6. The van der Waals surface area contributed by atoms with Crippen molar-refractivity contribution in [1.82, 2.24) is 24.8 Å². The summed E-state index contributed by atoms with van der Waals surface area (Å²) in [5, 5.41) is 3.09. The van der Waals surface area contributed by atoms with E-state index >= 15 is 0 Å². The van der Waals surface area contributed by atoms with Gasteiger partial charge in [-0.15, -0.1) is 0 Å². The minimum absolute atomic E-state index is 0.0622. The predicted octanol–water partition coefficient (Wildman–Crippen LogP) is 3.87. The lowest BCUT2D eigenvalue weighted by Crippen LogP contribution is -2.45. The number of nitrogens with one attached hydrogen (secondary N) is 2. The predicted molar refractivity (Wildman–Crippen MR) is 153 cm³/mol. The monoisotopic (exact) mass is 523 g/mol. The molecule has 4 aromatic rings. The lowest BCUT2D eigenvalue weighted by Gasteiger charge is -2.34. The van der Waals surface area contributed by atoms with E-state index in [1.165, 1.54) is 0 Å². The fourth-order valence-electron chi connectivity index (χ4n) is 5.47. The number of likely N-dealkylation sites (N-methyl/N-ethyl adjacent to an activating group) is 1. The number of aromatic nitrogens is 3. The Morgan fingerprint density at radius 3 is 2.67 bits per heavy atom. The number of carbonyl (C=O) groups is 2. The maximum atomic E-state index is 13.4. The van der Waals surface area contributed by atoms with E-state index in [2.05, 4.69) is 43.2 Å². The minimum Gasteiger partial charge on any atom is -0.369 e. The van der Waals surface area contributed by atoms with Crippen LogP contribution in [0.2, 0.25) is 0 Å². The van der Waals surface area contributed by atoms with E-state index in [1.54, 1.807) is 17.4 Å². The van der Waals surface area contributed by atoms with E-state index in [9.17, 15) is 9.59 Å². The molecule has 2 saturated heterocycles. The molecular formula is C30H33N7O2. The zero-order valence-electron chi connectivity index (χ0n) is 22.1. The van der Waals surface area contributed by atoms with Crippen LogP contribution in [0.15, 0.2) is 67.1 Å². The van der Waals surface area contributed by atoms with Gasteiger partial charge >= 0.3 is 0 Å². The number of H-pyrrole nitrogens is 1. The highest BCUT2D eigenvalue weighted by atomic mass is 16.2. The molecule has 2 aliphatic heterocycles. The number of rotatable bonds is 5. The quantitative estimate of drug-likeness (QED) is 0.412. The molecule has 0 spiro atoms. The third-order valence-electron chi connectivity index (χ3n) is 7.79. The number of hydrogen-bond acceptors (Lipinski definition) is 6. The molecule has 2 aromatic carbocycles. The lowest BCUT2D eigenvalue weighted by atomic mass is 9.96. The number of piperidine rings is 1. The van der Waals surface area contributed by atoms with Gasteiger partial charge in [0.05, 0.1) is 23.3 Å². The molecule has 2 aromatic heterocycles. The number of hydrogen-bond donors (Lipinski definition) is 2. The summed E-state index contributed by atoms with van der Waals surface area (Å²) in [4.78, 5) is 44.8. The highest BCUT2D eigenvalue weighted by Gasteiger charge is 2.30. The molecule has 39 heavy (non-hydrogen) atoms. The molecule has 9 heteroatoms. The topological polar surface area (TPSA) is 97.5 Å². The van der Waals surface area contributed by atoms with Crippen molar-refractivity contribution in [1.29, 1.82) is 0 Å². The average Bonchev–Trinajstić information content (AvgIpc) is 3.46. The zero-order chi connectivity index (χ0) is 26.8. The molecule has 2 amide bonds. The van der Waals surface area contributed by atoms with Crippen molar-refractivity contribution in [2.45, 2.75) is 12.8 Å². The summed E-state index contributed by atoms with van der Waals surface area (Å²) in [7, 11) is 2.13. The van der Waals surface area contributed by atoms with Gasteiger partial charge in [0.2, 0.25) is 5.91 Å². The van der Waals surface area contributed by atoms with E-state index in [0.717, 1.165) is 72.6 Å². The van der Waals surface area contributed by atoms with Gasteiger partial charge in [-0.2, -0.15) is 0 Å². The van der Waals surface area contributed by atoms with Crippen LogP contribution in [0, 0.1) is 5.92 Å². The van der Waals surface area contributed by atoms with Gasteiger partial charge in [0.25, 0.3) is 5.91 Å². The van der Waals surface area contributed by atoms with Gasteiger partial charge in [-0.1, -0.05) is 18.2 Å². The van der Waals surface area contributed by atoms with E-state index in [0.29, 0.717) is 18.8 Å². The molecule has 0 bridgehead atoms. The van der Waals surface area contributed by atoms with Crippen LogP contribution in [-0.2, 0) is 4.79 Å². The number of benzene rings is 2. The Bertz CT molecular complexity index is 1490. The van der Waals surface area contributed by atoms with Crippen LogP contribution in [0.1, 0.15) is 23.3 Å². The van der Waals surface area contributed by atoms with Gasteiger partial charge in [0.15, 0.2) is 0 Å². The standard InChI is InChI=1S/C30H33N7O2/c1-35-12-14-36(15-13-35)25-9-10-31-28(18-25)30(39)37-11-3-5-23(19-37)29(38)34-24-6-2-4-21(16-24)22-7-8-26-27(17-22)33-20-32-26/h2,4,6-10,16-18,20,23H,3,5,11-15,19H2,1H3,(H,32,33)(H,34,38)/t23-/m0/s1. The smallest absolute Gasteiger partial charge is 0.272 e. The summed E-state index contributed by atoms with van der Waals surface area (Å²) >= 11 is 0. The van der Waals surface area contributed by atoms with Crippen LogP contribution in [0.25, 0.3) is 22.2 Å². The Hall–Kier alpha value is -4.24. The second-order valence-corrected chi connectivity index (χ2v) is 10.5. The number of fused-ring (bicyclic) bond motifs is 1. The van der Waals surface area contributed by atoms with Crippen LogP contribution >= 0.6 is 0 Å². The maximum Gasteiger partial charge on any atom is 0.272 e. The van der Waals surface area contributed by atoms with Crippen molar-refractivity contribution in [3.63, 3.8) is 0 Å². The maximum absolute atomic E-state index is 13.4.